The number of likely N-dealkylation sites (N-methyl/N-ethyl adjacent to an activating group) is 3. The number of halogens is 2. The number of hydrogen-bond acceptors (Lipinski definition) is 9. The van der Waals surface area contributed by atoms with Crippen molar-refractivity contribution in [1.82, 2.24) is 15.3 Å². The number of rotatable bonds is 11. The number of carbonyl (C=O) groups is 1. The molecule has 0 saturated carbocycles. The number of nitrogens with one attached hydrogen (secondary N) is 3. The van der Waals surface area contributed by atoms with Crippen LogP contribution in [-0.4, -0.2) is 63.8 Å². The van der Waals surface area contributed by atoms with Crippen molar-refractivity contribution in [2.45, 2.75) is 0 Å². The molecule has 10 nitrogen and oxygen atoms in total. The van der Waals surface area contributed by atoms with E-state index in [4.69, 9.17) is 9.47 Å². The summed E-state index contributed by atoms with van der Waals surface area (Å²) in [5.74, 6) is -0.00805. The Morgan fingerprint density at radius 2 is 2.02 bits per heavy atom. The van der Waals surface area contributed by atoms with Crippen molar-refractivity contribution in [2.24, 2.45) is 0 Å². The fourth-order valence-electron chi connectivity index (χ4n) is 4.09. The molecule has 12 heteroatoms. The van der Waals surface area contributed by atoms with Crippen LogP contribution in [0.3, 0.4) is 0 Å². The number of fused-ring (bicyclic) bond motifs is 1. The summed E-state index contributed by atoms with van der Waals surface area (Å²) in [6.07, 6.45) is 4.52. The third-order valence-corrected chi connectivity index (χ3v) is 6.12. The Bertz CT molecular complexity index is 1450. The highest BCUT2D eigenvalue weighted by Gasteiger charge is 2.21. The molecule has 0 bridgehead atoms. The van der Waals surface area contributed by atoms with Crippen LogP contribution in [-0.2, 0) is 4.79 Å². The van der Waals surface area contributed by atoms with Gasteiger partial charge in [0.1, 0.15) is 23.1 Å². The molecule has 1 aliphatic rings. The summed E-state index contributed by atoms with van der Waals surface area (Å²) in [6, 6.07) is 6.72. The van der Waals surface area contributed by atoms with E-state index in [9.17, 15) is 13.6 Å². The zero-order chi connectivity index (χ0) is 28.8. The standard InChI is InChI=1S/C28H31F2N7O3/c1-6-26(38)33-21-13-22(25(39-5)14-23(21)36(3)10-9-31-2)34-28-32-15-17-11-19(16-37(4)27(17)35-28)40-24-8-7-18(29)12-20(24)30/h6-8,11-15,31H,1,9-10,16H2,2-5H3,(H,33,38)(H,32,34,35). The van der Waals surface area contributed by atoms with Crippen molar-refractivity contribution in [3.8, 4) is 11.5 Å². The van der Waals surface area contributed by atoms with Gasteiger partial charge in [0.25, 0.3) is 0 Å². The molecule has 3 aromatic rings. The second kappa shape index (κ2) is 12.4. The lowest BCUT2D eigenvalue weighted by Crippen LogP contribution is -2.28. The second-order valence-electron chi connectivity index (χ2n) is 9.03. The Labute approximate surface area is 231 Å². The Morgan fingerprint density at radius 1 is 1.23 bits per heavy atom. The van der Waals surface area contributed by atoms with Gasteiger partial charge < -0.3 is 35.2 Å². The van der Waals surface area contributed by atoms with E-state index in [1.165, 1.54) is 12.1 Å². The molecule has 1 amide bonds. The van der Waals surface area contributed by atoms with Crippen LogP contribution < -0.4 is 35.2 Å². The van der Waals surface area contributed by atoms with Gasteiger partial charge in [-0.3, -0.25) is 4.79 Å². The van der Waals surface area contributed by atoms with Crippen molar-refractivity contribution >= 4 is 40.8 Å². The lowest BCUT2D eigenvalue weighted by Gasteiger charge is -2.27. The van der Waals surface area contributed by atoms with Crippen LogP contribution in [0.25, 0.3) is 6.08 Å². The number of benzene rings is 2. The molecule has 0 atom stereocenters. The van der Waals surface area contributed by atoms with Gasteiger partial charge in [-0.15, -0.1) is 0 Å². The minimum absolute atomic E-state index is 0.0739. The summed E-state index contributed by atoms with van der Waals surface area (Å²) < 4.78 is 38.6. The highest BCUT2D eigenvalue weighted by atomic mass is 19.1. The Kier molecular flexibility index (Phi) is 8.80. The number of amides is 1. The molecular formula is C28H31F2N7O3. The van der Waals surface area contributed by atoms with E-state index < -0.39 is 11.6 Å². The third-order valence-electron chi connectivity index (χ3n) is 6.12. The first-order valence-corrected chi connectivity index (χ1v) is 12.4. The van der Waals surface area contributed by atoms with E-state index in [0.29, 0.717) is 53.3 Å². The largest absolute Gasteiger partial charge is 0.494 e. The SMILES string of the molecule is C=CC(=O)Nc1cc(Nc2ncc3c(n2)N(C)CC(Oc2ccc(F)cc2F)=C3)c(OC)cc1N(C)CCNC. The average molecular weight is 552 g/mol. The Hall–Kier alpha value is -4.71. The first kappa shape index (κ1) is 28.3. The number of ether oxygens (including phenoxy) is 2. The predicted molar refractivity (Wildman–Crippen MR) is 153 cm³/mol. The van der Waals surface area contributed by atoms with Crippen molar-refractivity contribution in [3.05, 3.63) is 72.1 Å². The smallest absolute Gasteiger partial charge is 0.247 e. The Morgan fingerprint density at radius 3 is 2.73 bits per heavy atom. The van der Waals surface area contributed by atoms with Gasteiger partial charge >= 0.3 is 0 Å². The van der Waals surface area contributed by atoms with Crippen LogP contribution in [0.15, 0.2) is 54.9 Å². The number of carbonyl (C=O) groups excluding carboxylic acids is 1. The topological polar surface area (TPSA) is 104 Å². The molecule has 1 aromatic heterocycles. The number of hydrogen-bond donors (Lipinski definition) is 3. The number of aromatic nitrogens is 2. The van der Waals surface area contributed by atoms with Gasteiger partial charge in [-0.25, -0.2) is 13.8 Å². The molecule has 2 heterocycles. The highest BCUT2D eigenvalue weighted by Crippen LogP contribution is 2.38. The molecule has 0 unspecified atom stereocenters. The number of nitrogens with zero attached hydrogens (tertiary/aromatic N) is 4. The molecule has 0 saturated heterocycles. The molecule has 0 fully saturated rings. The minimum Gasteiger partial charge on any atom is -0.494 e. The first-order valence-electron chi connectivity index (χ1n) is 12.4. The summed E-state index contributed by atoms with van der Waals surface area (Å²) in [5.41, 5.74) is 2.51. The van der Waals surface area contributed by atoms with Crippen molar-refractivity contribution < 1.29 is 23.0 Å². The maximum atomic E-state index is 14.1. The van der Waals surface area contributed by atoms with Crippen LogP contribution in [0, 0.1) is 11.6 Å². The van der Waals surface area contributed by atoms with Gasteiger partial charge in [0.2, 0.25) is 11.9 Å². The average Bonchev–Trinajstić information content (AvgIpc) is 2.93. The molecule has 4 rings (SSSR count). The van der Waals surface area contributed by atoms with Crippen molar-refractivity contribution in [3.63, 3.8) is 0 Å². The van der Waals surface area contributed by atoms with Gasteiger partial charge in [0.05, 0.1) is 30.7 Å². The summed E-state index contributed by atoms with van der Waals surface area (Å²) in [4.78, 5) is 25.1. The normalized spacial score (nSPS) is 12.2. The predicted octanol–water partition coefficient (Wildman–Crippen LogP) is 4.16. The maximum absolute atomic E-state index is 14.1. The molecule has 210 valence electrons. The zero-order valence-electron chi connectivity index (χ0n) is 22.7. The van der Waals surface area contributed by atoms with E-state index in [-0.39, 0.29) is 11.7 Å². The number of methoxy groups -OCH3 is 1. The van der Waals surface area contributed by atoms with Gasteiger partial charge in [-0.1, -0.05) is 6.58 Å². The van der Waals surface area contributed by atoms with Crippen LogP contribution in [0.4, 0.5) is 37.6 Å². The van der Waals surface area contributed by atoms with Crippen molar-refractivity contribution in [1.29, 1.82) is 0 Å². The van der Waals surface area contributed by atoms with E-state index in [1.807, 2.05) is 37.0 Å². The molecule has 0 aliphatic carbocycles. The molecule has 0 spiro atoms. The molecule has 0 radical (unpaired) electrons. The summed E-state index contributed by atoms with van der Waals surface area (Å²) in [5, 5.41) is 9.14. The highest BCUT2D eigenvalue weighted by molar-refractivity contribution is 6.02. The summed E-state index contributed by atoms with van der Waals surface area (Å²) in [7, 11) is 7.15. The lowest BCUT2D eigenvalue weighted by molar-refractivity contribution is -0.111. The van der Waals surface area contributed by atoms with Crippen LogP contribution >= 0.6 is 0 Å². The molecular weight excluding hydrogens is 520 g/mol. The molecule has 3 N–H and O–H groups in total. The van der Waals surface area contributed by atoms with Gasteiger partial charge in [0.15, 0.2) is 11.6 Å². The van der Waals surface area contributed by atoms with E-state index >= 15 is 0 Å². The summed E-state index contributed by atoms with van der Waals surface area (Å²) >= 11 is 0. The fraction of sp³-hybridized carbons (Fsp3) is 0.250. The fourth-order valence-corrected chi connectivity index (χ4v) is 4.09. The first-order chi connectivity index (χ1) is 19.2. The second-order valence-corrected chi connectivity index (χ2v) is 9.03. The van der Waals surface area contributed by atoms with Gasteiger partial charge in [0, 0.05) is 51.1 Å². The maximum Gasteiger partial charge on any atom is 0.247 e. The van der Waals surface area contributed by atoms with Gasteiger partial charge in [-0.2, -0.15) is 4.98 Å². The quantitative estimate of drug-likeness (QED) is 0.303. The molecule has 1 aliphatic heterocycles. The monoisotopic (exact) mass is 551 g/mol. The molecule has 40 heavy (non-hydrogen) atoms. The number of anilines is 5. The lowest BCUT2D eigenvalue weighted by atomic mass is 10.2. The molecule has 2 aromatic carbocycles. The minimum atomic E-state index is -0.790. The van der Waals surface area contributed by atoms with Crippen LogP contribution in [0.2, 0.25) is 0 Å². The van der Waals surface area contributed by atoms with E-state index in [2.05, 4.69) is 32.5 Å². The Balaban J connectivity index is 1.62. The van der Waals surface area contributed by atoms with Gasteiger partial charge in [-0.05, 0) is 37.4 Å². The summed E-state index contributed by atoms with van der Waals surface area (Å²) in [6.45, 7) is 5.27. The third kappa shape index (κ3) is 6.46. The van der Waals surface area contributed by atoms with E-state index in [0.717, 1.165) is 24.4 Å². The van der Waals surface area contributed by atoms with Crippen molar-refractivity contribution in [2.75, 3.05) is 68.3 Å². The van der Waals surface area contributed by atoms with E-state index in [1.54, 1.807) is 25.4 Å². The zero-order valence-corrected chi connectivity index (χ0v) is 22.7. The van der Waals surface area contributed by atoms with Crippen LogP contribution in [0.5, 0.6) is 11.5 Å². The van der Waals surface area contributed by atoms with Crippen LogP contribution in [0.1, 0.15) is 5.56 Å².